The third-order valence-corrected chi connectivity index (χ3v) is 3.23. The summed E-state index contributed by atoms with van der Waals surface area (Å²) in [6, 6.07) is 0.265. The summed E-state index contributed by atoms with van der Waals surface area (Å²) in [5.41, 5.74) is 0. The molecule has 1 atom stereocenters. The molecule has 5 heteroatoms. The predicted octanol–water partition coefficient (Wildman–Crippen LogP) is 0.960. The number of nitrogens with zero attached hydrogens (tertiary/aromatic N) is 2. The minimum Gasteiger partial charge on any atom is -0.480 e. The summed E-state index contributed by atoms with van der Waals surface area (Å²) in [5, 5.41) is 8.78. The van der Waals surface area contributed by atoms with Crippen molar-refractivity contribution in [3.8, 4) is 0 Å². The summed E-state index contributed by atoms with van der Waals surface area (Å²) in [6.45, 7) is 6.86. The lowest BCUT2D eigenvalue weighted by Crippen LogP contribution is -2.47. The van der Waals surface area contributed by atoms with Gasteiger partial charge in [0.15, 0.2) is 0 Å². The zero-order valence-electron chi connectivity index (χ0n) is 11.0. The van der Waals surface area contributed by atoms with Crippen LogP contribution < -0.4 is 0 Å². The molecule has 1 aliphatic rings. The number of rotatable bonds is 6. The lowest BCUT2D eigenvalue weighted by Gasteiger charge is -2.34. The normalized spacial score (nSPS) is 19.9. The van der Waals surface area contributed by atoms with Crippen LogP contribution in [0.2, 0.25) is 0 Å². The third-order valence-electron chi connectivity index (χ3n) is 3.23. The Morgan fingerprint density at radius 1 is 1.44 bits per heavy atom. The van der Waals surface area contributed by atoms with E-state index in [4.69, 9.17) is 5.11 Å². The fourth-order valence-corrected chi connectivity index (χ4v) is 2.31. The van der Waals surface area contributed by atoms with E-state index in [-0.39, 0.29) is 25.0 Å². The van der Waals surface area contributed by atoms with Crippen molar-refractivity contribution in [1.29, 1.82) is 0 Å². The van der Waals surface area contributed by atoms with E-state index in [9.17, 15) is 9.59 Å². The first-order chi connectivity index (χ1) is 8.54. The molecule has 1 aliphatic heterocycles. The molecule has 0 saturated carbocycles. The molecule has 102 valence electrons. The highest BCUT2D eigenvalue weighted by atomic mass is 16.4. The van der Waals surface area contributed by atoms with Gasteiger partial charge >= 0.3 is 5.97 Å². The standard InChI is InChI=1S/C13H22N2O3/c1-3-7-14(10-13(17)18)9-12(16)15-8-5-4-6-11(15)2/h3,11H,1,4-10H2,2H3,(H,17,18). The van der Waals surface area contributed by atoms with Crippen LogP contribution in [0.1, 0.15) is 26.2 Å². The SMILES string of the molecule is C=CCN(CC(=O)O)CC(=O)N1CCCCC1C. The van der Waals surface area contributed by atoms with E-state index >= 15 is 0 Å². The Hall–Kier alpha value is -1.36. The number of carbonyl (C=O) groups is 2. The fourth-order valence-electron chi connectivity index (χ4n) is 2.31. The minimum absolute atomic E-state index is 0.0188. The molecule has 0 aliphatic carbocycles. The Bertz CT molecular complexity index is 317. The average Bonchev–Trinajstić information content (AvgIpc) is 2.28. The molecule has 1 fully saturated rings. The first-order valence-electron chi connectivity index (χ1n) is 6.39. The van der Waals surface area contributed by atoms with Gasteiger partial charge in [-0.05, 0) is 26.2 Å². The number of aliphatic carboxylic acids is 1. The van der Waals surface area contributed by atoms with E-state index in [1.807, 2.05) is 11.8 Å². The van der Waals surface area contributed by atoms with Crippen LogP contribution in [0, 0.1) is 0 Å². The molecule has 1 amide bonds. The summed E-state index contributed by atoms with van der Waals surface area (Å²) in [5.74, 6) is -0.901. The maximum atomic E-state index is 12.1. The van der Waals surface area contributed by atoms with Crippen LogP contribution in [-0.2, 0) is 9.59 Å². The first kappa shape index (κ1) is 14.7. The van der Waals surface area contributed by atoms with Gasteiger partial charge in [0.1, 0.15) is 0 Å². The van der Waals surface area contributed by atoms with Gasteiger partial charge in [0.2, 0.25) is 5.91 Å². The van der Waals surface area contributed by atoms with E-state index in [1.54, 1.807) is 11.0 Å². The Labute approximate surface area is 108 Å². The van der Waals surface area contributed by atoms with Crippen LogP contribution in [0.25, 0.3) is 0 Å². The van der Waals surface area contributed by atoms with E-state index < -0.39 is 5.97 Å². The monoisotopic (exact) mass is 254 g/mol. The third kappa shape index (κ3) is 4.49. The summed E-state index contributed by atoms with van der Waals surface area (Å²) >= 11 is 0. The maximum absolute atomic E-state index is 12.1. The summed E-state index contributed by atoms with van der Waals surface area (Å²) in [4.78, 5) is 26.3. The van der Waals surface area contributed by atoms with Gasteiger partial charge < -0.3 is 10.0 Å². The van der Waals surface area contributed by atoms with Gasteiger partial charge in [0.25, 0.3) is 0 Å². The highest BCUT2D eigenvalue weighted by Gasteiger charge is 2.24. The predicted molar refractivity (Wildman–Crippen MR) is 69.3 cm³/mol. The largest absolute Gasteiger partial charge is 0.480 e. The van der Waals surface area contributed by atoms with E-state index in [2.05, 4.69) is 6.58 Å². The van der Waals surface area contributed by atoms with Crippen LogP contribution in [0.3, 0.4) is 0 Å². The molecule has 0 aromatic rings. The van der Waals surface area contributed by atoms with Gasteiger partial charge in [-0.1, -0.05) is 6.08 Å². The van der Waals surface area contributed by atoms with Crippen LogP contribution >= 0.6 is 0 Å². The number of piperidine rings is 1. The molecule has 0 aromatic heterocycles. The molecule has 0 radical (unpaired) electrons. The minimum atomic E-state index is -0.920. The molecule has 1 N–H and O–H groups in total. The van der Waals surface area contributed by atoms with Crippen LogP contribution in [0.4, 0.5) is 0 Å². The number of carbonyl (C=O) groups excluding carboxylic acids is 1. The molecule has 0 aromatic carbocycles. The van der Waals surface area contributed by atoms with Gasteiger partial charge in [-0.2, -0.15) is 0 Å². The van der Waals surface area contributed by atoms with Crippen LogP contribution in [-0.4, -0.2) is 59.0 Å². The number of likely N-dealkylation sites (tertiary alicyclic amines) is 1. The fraction of sp³-hybridized carbons (Fsp3) is 0.692. The molecule has 0 bridgehead atoms. The van der Waals surface area contributed by atoms with Crippen molar-refractivity contribution in [3.05, 3.63) is 12.7 Å². The van der Waals surface area contributed by atoms with Gasteiger partial charge in [-0.3, -0.25) is 14.5 Å². The van der Waals surface area contributed by atoms with Crippen LogP contribution in [0.15, 0.2) is 12.7 Å². The molecule has 18 heavy (non-hydrogen) atoms. The average molecular weight is 254 g/mol. The Morgan fingerprint density at radius 3 is 2.72 bits per heavy atom. The highest BCUT2D eigenvalue weighted by molar-refractivity contribution is 5.79. The number of hydrogen-bond acceptors (Lipinski definition) is 3. The van der Waals surface area contributed by atoms with Gasteiger partial charge in [-0.15, -0.1) is 6.58 Å². The molecule has 5 nitrogen and oxygen atoms in total. The zero-order valence-corrected chi connectivity index (χ0v) is 11.0. The van der Waals surface area contributed by atoms with Gasteiger partial charge in [-0.25, -0.2) is 0 Å². The van der Waals surface area contributed by atoms with Gasteiger partial charge in [0, 0.05) is 19.1 Å². The van der Waals surface area contributed by atoms with Crippen molar-refractivity contribution < 1.29 is 14.7 Å². The lowest BCUT2D eigenvalue weighted by atomic mass is 10.0. The molecular formula is C13H22N2O3. The van der Waals surface area contributed by atoms with E-state index in [1.165, 1.54) is 0 Å². The molecule has 1 unspecified atom stereocenters. The second kappa shape index (κ2) is 7.16. The zero-order chi connectivity index (χ0) is 13.5. The van der Waals surface area contributed by atoms with E-state index in [0.29, 0.717) is 6.54 Å². The summed E-state index contributed by atoms with van der Waals surface area (Å²) in [7, 11) is 0. The van der Waals surface area contributed by atoms with Crippen molar-refractivity contribution in [2.24, 2.45) is 0 Å². The number of hydrogen-bond donors (Lipinski definition) is 1. The van der Waals surface area contributed by atoms with Crippen molar-refractivity contribution in [2.75, 3.05) is 26.2 Å². The van der Waals surface area contributed by atoms with Crippen molar-refractivity contribution in [1.82, 2.24) is 9.80 Å². The Kier molecular flexibility index (Phi) is 5.85. The molecular weight excluding hydrogens is 232 g/mol. The van der Waals surface area contributed by atoms with Crippen LogP contribution in [0.5, 0.6) is 0 Å². The quantitative estimate of drug-likeness (QED) is 0.717. The maximum Gasteiger partial charge on any atom is 0.317 e. The molecule has 1 saturated heterocycles. The summed E-state index contributed by atoms with van der Waals surface area (Å²) < 4.78 is 0. The number of carboxylic acids is 1. The molecule has 0 spiro atoms. The smallest absolute Gasteiger partial charge is 0.317 e. The number of carboxylic acid groups (broad SMARTS) is 1. The molecule has 1 heterocycles. The van der Waals surface area contributed by atoms with E-state index in [0.717, 1.165) is 25.8 Å². The van der Waals surface area contributed by atoms with Crippen molar-refractivity contribution >= 4 is 11.9 Å². The topological polar surface area (TPSA) is 60.9 Å². The summed E-state index contributed by atoms with van der Waals surface area (Å²) in [6.07, 6.45) is 4.86. The second-order valence-electron chi connectivity index (χ2n) is 4.78. The van der Waals surface area contributed by atoms with Crippen molar-refractivity contribution in [2.45, 2.75) is 32.2 Å². The molecule has 1 rings (SSSR count). The highest BCUT2D eigenvalue weighted by Crippen LogP contribution is 2.16. The van der Waals surface area contributed by atoms with Gasteiger partial charge in [0.05, 0.1) is 13.1 Å². The lowest BCUT2D eigenvalue weighted by molar-refractivity contribution is -0.140. The second-order valence-corrected chi connectivity index (χ2v) is 4.78. The van der Waals surface area contributed by atoms with Crippen molar-refractivity contribution in [3.63, 3.8) is 0 Å². The Balaban J connectivity index is 2.53. The Morgan fingerprint density at radius 2 is 2.17 bits per heavy atom. The first-order valence-corrected chi connectivity index (χ1v) is 6.39. The number of amides is 1.